The van der Waals surface area contributed by atoms with Crippen LogP contribution in [0.2, 0.25) is 19.6 Å². The third kappa shape index (κ3) is 16.9. The third-order valence-electron chi connectivity index (χ3n) is 1.13. The van der Waals surface area contributed by atoms with Gasteiger partial charge in [-0.05, 0) is 20.6 Å². The van der Waals surface area contributed by atoms with Crippen LogP contribution in [0, 0.1) is 7.43 Å². The molecule has 0 N–H and O–H groups in total. The number of rotatable bonds is 4. The van der Waals surface area contributed by atoms with Crippen LogP contribution in [-0.4, -0.2) is 40.3 Å². The van der Waals surface area contributed by atoms with Gasteiger partial charge in [-0.15, -0.1) is 6.54 Å². The molecule has 0 radical (unpaired) electrons. The second-order valence-corrected chi connectivity index (χ2v) is 8.51. The quantitative estimate of drug-likeness (QED) is 0.537. The molecule has 4 heteroatoms. The molecule has 0 saturated carbocycles. The van der Waals surface area contributed by atoms with E-state index < -0.39 is 8.24 Å². The Kier molecular flexibility index (Phi) is 12.7. The van der Waals surface area contributed by atoms with Crippen LogP contribution in [0.4, 0.5) is 0 Å². The van der Waals surface area contributed by atoms with E-state index in [0.717, 1.165) is 13.1 Å². The van der Waals surface area contributed by atoms with Crippen LogP contribution >= 0.6 is 0 Å². The molecule has 0 aliphatic heterocycles. The second-order valence-electron chi connectivity index (χ2n) is 3.86. The van der Waals surface area contributed by atoms with Crippen LogP contribution in [0.25, 0.3) is 4.98 Å². The summed E-state index contributed by atoms with van der Waals surface area (Å²) >= 11 is 0. The van der Waals surface area contributed by atoms with Gasteiger partial charge in [-0.1, -0.05) is 27.9 Å². The molecule has 0 spiro atoms. The molecule has 2 nitrogen and oxygen atoms in total. The van der Waals surface area contributed by atoms with E-state index in [1.807, 2.05) is 0 Å². The van der Waals surface area contributed by atoms with Crippen LogP contribution in [0.5, 0.6) is 0 Å². The molecule has 0 aromatic carbocycles. The maximum Gasteiger partial charge on any atom is 3.00 e. The second kappa shape index (κ2) is 8.25. The largest absolute Gasteiger partial charge is 3.00 e. The van der Waals surface area contributed by atoms with Gasteiger partial charge in [0.15, 0.2) is 0 Å². The van der Waals surface area contributed by atoms with Crippen LogP contribution < -0.4 is 0 Å². The van der Waals surface area contributed by atoms with Gasteiger partial charge in [0.05, 0.1) is 0 Å². The van der Waals surface area contributed by atoms with Crippen LogP contribution in [0.15, 0.2) is 0 Å². The predicted molar refractivity (Wildman–Crippen MR) is 56.5 cm³/mol. The molecule has 0 fully saturated rings. The van der Waals surface area contributed by atoms with Crippen molar-refractivity contribution >= 4 is 8.24 Å². The first-order valence-corrected chi connectivity index (χ1v) is 7.20. The van der Waals surface area contributed by atoms with Gasteiger partial charge < -0.3 is 17.3 Å². The van der Waals surface area contributed by atoms with Gasteiger partial charge in [-0.25, -0.2) is 0 Å². The molecule has 0 unspecified atom stereocenters. The number of nitrogens with zero attached hydrogens (tertiary/aromatic N) is 2. The van der Waals surface area contributed by atoms with Crippen LogP contribution in [0.1, 0.15) is 0 Å². The van der Waals surface area contributed by atoms with E-state index in [1.165, 1.54) is 0 Å². The fourth-order valence-corrected chi connectivity index (χ4v) is 1.36. The molecule has 0 rings (SSSR count). The minimum atomic E-state index is -1.13. The van der Waals surface area contributed by atoms with Crippen molar-refractivity contribution in [1.29, 1.82) is 0 Å². The first-order valence-electron chi connectivity index (χ1n) is 3.75. The molecule has 0 aromatic rings. The van der Waals surface area contributed by atoms with Crippen molar-refractivity contribution in [3.8, 4) is 0 Å². The number of hydrogen-bond acceptors (Lipinski definition) is 1. The fraction of sp³-hybridized carbons (Fsp3) is 0.875. The Labute approximate surface area is 89.4 Å². The van der Waals surface area contributed by atoms with E-state index in [1.54, 1.807) is 0 Å². The van der Waals surface area contributed by atoms with Crippen molar-refractivity contribution < 1.29 is 16.8 Å². The molecular formula is C8H22CoN2Si+. The zero-order valence-electron chi connectivity index (χ0n) is 9.14. The van der Waals surface area contributed by atoms with Crippen molar-refractivity contribution in [1.82, 2.24) is 4.90 Å². The van der Waals surface area contributed by atoms with E-state index in [-0.39, 0.29) is 24.2 Å². The Morgan fingerprint density at radius 2 is 1.58 bits per heavy atom. The fourth-order valence-electron chi connectivity index (χ4n) is 0.585. The van der Waals surface area contributed by atoms with E-state index >= 15 is 0 Å². The molecule has 0 aromatic heterocycles. The smallest absolute Gasteiger partial charge is 0.664 e. The van der Waals surface area contributed by atoms with E-state index in [2.05, 4.69) is 43.6 Å². The molecular weight excluding hydrogens is 211 g/mol. The summed E-state index contributed by atoms with van der Waals surface area (Å²) in [5.74, 6) is 0. The zero-order valence-corrected chi connectivity index (χ0v) is 11.2. The molecule has 0 heterocycles. The zero-order chi connectivity index (χ0) is 8.20. The Balaban J connectivity index is -0.000000405. The van der Waals surface area contributed by atoms with Gasteiger partial charge in [-0.2, -0.15) is 0 Å². The normalized spacial score (nSPS) is 10.5. The first kappa shape index (κ1) is 18.4. The average Bonchev–Trinajstić information content (AvgIpc) is 1.59. The first-order chi connectivity index (χ1) is 4.42. The SMILES string of the molecule is CN(C)CC[N-][Si](C)(C)C.[CH3-].[Co+3]. The summed E-state index contributed by atoms with van der Waals surface area (Å²) < 4.78 is 0. The summed E-state index contributed by atoms with van der Waals surface area (Å²) in [6.07, 6.45) is 0. The van der Waals surface area contributed by atoms with Crippen molar-refractivity contribution in [2.75, 3.05) is 27.2 Å². The van der Waals surface area contributed by atoms with Crippen molar-refractivity contribution in [3.05, 3.63) is 12.4 Å². The van der Waals surface area contributed by atoms with Crippen molar-refractivity contribution in [2.24, 2.45) is 0 Å². The molecule has 0 aliphatic carbocycles. The molecule has 76 valence electrons. The maximum absolute atomic E-state index is 4.59. The van der Waals surface area contributed by atoms with Gasteiger partial charge in [0.2, 0.25) is 0 Å². The number of hydrogen-bond donors (Lipinski definition) is 0. The van der Waals surface area contributed by atoms with Gasteiger partial charge >= 0.3 is 16.8 Å². The predicted octanol–water partition coefficient (Wildman–Crippen LogP) is 2.20. The molecule has 12 heavy (non-hydrogen) atoms. The van der Waals surface area contributed by atoms with E-state index in [9.17, 15) is 0 Å². The molecule has 0 atom stereocenters. The summed E-state index contributed by atoms with van der Waals surface area (Å²) in [7, 11) is 3.04. The Morgan fingerprint density at radius 1 is 1.17 bits per heavy atom. The third-order valence-corrected chi connectivity index (χ3v) is 2.31. The van der Waals surface area contributed by atoms with Crippen LogP contribution in [-0.2, 0) is 16.8 Å². The Hall–Kier alpha value is 0.643. The standard InChI is InChI=1S/C7H19N2Si.CH3.Co/c1-9(2)7-6-8-10(3,4)5;;/h6-7H2,1-5H3;1H3;/q2*-1;+3. The average molecular weight is 233 g/mol. The monoisotopic (exact) mass is 233 g/mol. The maximum atomic E-state index is 4.59. The van der Waals surface area contributed by atoms with Gasteiger partial charge in [0.1, 0.15) is 0 Å². The van der Waals surface area contributed by atoms with E-state index in [4.69, 9.17) is 0 Å². The Bertz CT molecular complexity index is 91.5. The van der Waals surface area contributed by atoms with Crippen LogP contribution in [0.3, 0.4) is 0 Å². The van der Waals surface area contributed by atoms with Gasteiger partial charge in [-0.3, -0.25) is 0 Å². The van der Waals surface area contributed by atoms with E-state index in [0.29, 0.717) is 0 Å². The summed E-state index contributed by atoms with van der Waals surface area (Å²) in [6, 6.07) is 0. The molecule has 0 aliphatic rings. The Morgan fingerprint density at radius 3 is 1.83 bits per heavy atom. The molecule has 0 saturated heterocycles. The van der Waals surface area contributed by atoms with Gasteiger partial charge in [0.25, 0.3) is 0 Å². The minimum Gasteiger partial charge on any atom is -0.664 e. The van der Waals surface area contributed by atoms with Gasteiger partial charge in [0, 0.05) is 0 Å². The number of likely N-dealkylation sites (N-methyl/N-ethyl adjacent to an activating group) is 1. The minimum absolute atomic E-state index is 0. The van der Waals surface area contributed by atoms with Crippen molar-refractivity contribution in [2.45, 2.75) is 19.6 Å². The summed E-state index contributed by atoms with van der Waals surface area (Å²) in [4.78, 5) is 6.76. The summed E-state index contributed by atoms with van der Waals surface area (Å²) in [5, 5.41) is 0. The summed E-state index contributed by atoms with van der Waals surface area (Å²) in [5.41, 5.74) is 0. The summed E-state index contributed by atoms with van der Waals surface area (Å²) in [6.45, 7) is 8.89. The topological polar surface area (TPSA) is 17.3 Å². The molecule has 0 amide bonds. The van der Waals surface area contributed by atoms with Crippen molar-refractivity contribution in [3.63, 3.8) is 0 Å². The molecule has 0 bridgehead atoms.